The number of carboxylic acid groups (broad SMARTS) is 1. The Morgan fingerprint density at radius 3 is 1.88 bits per heavy atom. The van der Waals surface area contributed by atoms with E-state index in [1.165, 1.54) is 49.1 Å². The van der Waals surface area contributed by atoms with E-state index in [4.69, 9.17) is 16.6 Å². The van der Waals surface area contributed by atoms with Gasteiger partial charge in [-0.25, -0.2) is 4.79 Å². The lowest BCUT2D eigenvalue weighted by molar-refractivity contribution is 0.0697. The number of rotatable bonds is 3. The van der Waals surface area contributed by atoms with Crippen LogP contribution in [0.3, 0.4) is 0 Å². The van der Waals surface area contributed by atoms with E-state index < -0.39 is 5.97 Å². The summed E-state index contributed by atoms with van der Waals surface area (Å²) in [6.45, 7) is 0. The molecule has 0 unspecified atom stereocenters. The third-order valence-corrected chi connectivity index (χ3v) is 5.24. The second-order valence-electron chi connectivity index (χ2n) is 5.87. The van der Waals surface area contributed by atoms with E-state index in [1.807, 2.05) is 23.9 Å². The number of thioether (sulfide) groups is 1. The van der Waals surface area contributed by atoms with Gasteiger partial charge < -0.3 is 16.6 Å². The summed E-state index contributed by atoms with van der Waals surface area (Å²) >= 11 is 2.02. The van der Waals surface area contributed by atoms with Gasteiger partial charge in [0.15, 0.2) is 0 Å². The topological polar surface area (TPSA) is 89.3 Å². The molecule has 5 N–H and O–H groups in total. The van der Waals surface area contributed by atoms with Crippen molar-refractivity contribution in [3.05, 3.63) is 54.1 Å². The molecule has 5 heteroatoms. The first-order valence-electron chi connectivity index (χ1n) is 8.15. The van der Waals surface area contributed by atoms with Gasteiger partial charge in [0, 0.05) is 21.5 Å². The summed E-state index contributed by atoms with van der Waals surface area (Å²) < 4.78 is 0. The van der Waals surface area contributed by atoms with Crippen LogP contribution in [0.2, 0.25) is 0 Å². The molecule has 1 saturated carbocycles. The average molecular weight is 344 g/mol. The van der Waals surface area contributed by atoms with Gasteiger partial charge in [0.25, 0.3) is 0 Å². The van der Waals surface area contributed by atoms with Crippen molar-refractivity contribution in [3.63, 3.8) is 0 Å². The fourth-order valence-electron chi connectivity index (χ4n) is 2.55. The lowest BCUT2D eigenvalue weighted by Gasteiger charge is -2.20. The van der Waals surface area contributed by atoms with E-state index >= 15 is 0 Å². The highest BCUT2D eigenvalue weighted by Gasteiger charge is 2.14. The largest absolute Gasteiger partial charge is 0.478 e. The normalized spacial score (nSPS) is 14.5. The quantitative estimate of drug-likeness (QED) is 0.705. The molecule has 0 heterocycles. The van der Waals surface area contributed by atoms with Crippen LogP contribution in [0.4, 0.5) is 11.4 Å². The smallest absolute Gasteiger partial charge is 0.335 e. The molecule has 4 nitrogen and oxygen atoms in total. The van der Waals surface area contributed by atoms with E-state index in [1.54, 1.807) is 12.1 Å². The minimum absolute atomic E-state index is 0.259. The molecule has 2 aromatic carbocycles. The number of nitrogen functional groups attached to an aromatic ring is 2. The summed E-state index contributed by atoms with van der Waals surface area (Å²) in [5, 5.41) is 9.28. The van der Waals surface area contributed by atoms with E-state index in [2.05, 4.69) is 12.1 Å². The Morgan fingerprint density at radius 1 is 0.875 bits per heavy atom. The van der Waals surface area contributed by atoms with Gasteiger partial charge in [-0.15, -0.1) is 11.8 Å². The van der Waals surface area contributed by atoms with E-state index in [0.29, 0.717) is 5.69 Å². The van der Waals surface area contributed by atoms with Gasteiger partial charge in [0.1, 0.15) is 0 Å². The predicted molar refractivity (Wildman–Crippen MR) is 101 cm³/mol. The van der Waals surface area contributed by atoms with Crippen LogP contribution in [-0.4, -0.2) is 16.3 Å². The lowest BCUT2D eigenvalue weighted by Crippen LogP contribution is -2.07. The summed E-state index contributed by atoms with van der Waals surface area (Å²) in [4.78, 5) is 11.6. The molecular formula is C19H24N2O2S. The van der Waals surface area contributed by atoms with Crippen molar-refractivity contribution in [1.29, 1.82) is 0 Å². The maximum Gasteiger partial charge on any atom is 0.335 e. The number of aromatic carboxylic acids is 1. The molecule has 0 aliphatic heterocycles. The van der Waals surface area contributed by atoms with Gasteiger partial charge in [0.05, 0.1) is 5.56 Å². The van der Waals surface area contributed by atoms with Crippen molar-refractivity contribution < 1.29 is 9.90 Å². The zero-order chi connectivity index (χ0) is 17.4. The van der Waals surface area contributed by atoms with Crippen LogP contribution in [0.5, 0.6) is 0 Å². The molecule has 0 atom stereocenters. The van der Waals surface area contributed by atoms with Crippen molar-refractivity contribution >= 4 is 29.1 Å². The van der Waals surface area contributed by atoms with E-state index in [-0.39, 0.29) is 5.56 Å². The number of carbonyl (C=O) groups is 1. The molecule has 1 fully saturated rings. The van der Waals surface area contributed by atoms with Crippen molar-refractivity contribution in [2.24, 2.45) is 0 Å². The Kier molecular flexibility index (Phi) is 7.00. The molecule has 0 amide bonds. The van der Waals surface area contributed by atoms with Gasteiger partial charge in [-0.3, -0.25) is 0 Å². The summed E-state index contributed by atoms with van der Waals surface area (Å²) in [5.41, 5.74) is 12.7. The van der Waals surface area contributed by atoms with Crippen LogP contribution >= 0.6 is 11.8 Å². The highest BCUT2D eigenvalue weighted by atomic mass is 32.2. The Balaban J connectivity index is 0.000000185. The minimum Gasteiger partial charge on any atom is -0.478 e. The first-order chi connectivity index (χ1) is 11.5. The minimum atomic E-state index is -0.931. The van der Waals surface area contributed by atoms with Crippen molar-refractivity contribution in [3.8, 4) is 0 Å². The molecule has 0 saturated heterocycles. The van der Waals surface area contributed by atoms with Gasteiger partial charge >= 0.3 is 5.97 Å². The molecule has 0 aromatic heterocycles. The van der Waals surface area contributed by atoms with Crippen LogP contribution in [-0.2, 0) is 0 Å². The Labute approximate surface area is 147 Å². The second-order valence-corrected chi connectivity index (χ2v) is 7.25. The van der Waals surface area contributed by atoms with Crippen LogP contribution in [0.1, 0.15) is 42.5 Å². The standard InChI is InChI=1S/C12H17NS.C7H7NO2/c13-10-6-8-12(9-7-10)14-11-4-2-1-3-5-11;8-6-3-1-5(2-4-6)7(9)10/h6-9,11H,1-5,13H2;1-4H,8H2,(H,9,10). The molecule has 24 heavy (non-hydrogen) atoms. The third kappa shape index (κ3) is 6.16. The van der Waals surface area contributed by atoms with Gasteiger partial charge in [-0.1, -0.05) is 19.3 Å². The lowest BCUT2D eigenvalue weighted by atomic mass is 10.0. The van der Waals surface area contributed by atoms with Crippen LogP contribution in [0.25, 0.3) is 0 Å². The molecule has 1 aliphatic rings. The average Bonchev–Trinajstić information content (AvgIpc) is 2.59. The third-order valence-electron chi connectivity index (χ3n) is 3.89. The van der Waals surface area contributed by atoms with Crippen LogP contribution in [0, 0.1) is 0 Å². The molecule has 0 radical (unpaired) electrons. The van der Waals surface area contributed by atoms with Crippen molar-refractivity contribution in [2.45, 2.75) is 42.2 Å². The maximum atomic E-state index is 10.3. The fraction of sp³-hybridized carbons (Fsp3) is 0.316. The van der Waals surface area contributed by atoms with Crippen molar-refractivity contribution in [2.75, 3.05) is 11.5 Å². The summed E-state index contributed by atoms with van der Waals surface area (Å²) in [5.74, 6) is -0.931. The SMILES string of the molecule is Nc1ccc(C(=O)O)cc1.Nc1ccc(SC2CCCCC2)cc1. The van der Waals surface area contributed by atoms with Gasteiger partial charge in [-0.05, 0) is 61.4 Å². The molecule has 128 valence electrons. The Morgan fingerprint density at radius 2 is 1.38 bits per heavy atom. The van der Waals surface area contributed by atoms with Gasteiger partial charge in [0.2, 0.25) is 0 Å². The second kappa shape index (κ2) is 9.23. The van der Waals surface area contributed by atoms with Crippen LogP contribution in [0.15, 0.2) is 53.4 Å². The number of benzene rings is 2. The molecule has 2 aromatic rings. The molecular weight excluding hydrogens is 320 g/mol. The number of hydrogen-bond acceptors (Lipinski definition) is 4. The van der Waals surface area contributed by atoms with E-state index in [0.717, 1.165) is 10.9 Å². The summed E-state index contributed by atoms with van der Waals surface area (Å²) in [6, 6.07) is 14.3. The number of nitrogens with two attached hydrogens (primary N) is 2. The Hall–Kier alpha value is -2.14. The first kappa shape index (κ1) is 18.2. The Bertz CT molecular complexity index is 635. The predicted octanol–water partition coefficient (Wildman–Crippen LogP) is 4.66. The number of hydrogen-bond donors (Lipinski definition) is 3. The molecule has 0 bridgehead atoms. The number of carboxylic acids is 1. The first-order valence-corrected chi connectivity index (χ1v) is 9.03. The monoisotopic (exact) mass is 344 g/mol. The van der Waals surface area contributed by atoms with E-state index in [9.17, 15) is 4.79 Å². The maximum absolute atomic E-state index is 10.3. The fourth-order valence-corrected chi connectivity index (χ4v) is 3.79. The van der Waals surface area contributed by atoms with Gasteiger partial charge in [-0.2, -0.15) is 0 Å². The zero-order valence-corrected chi connectivity index (χ0v) is 14.5. The van der Waals surface area contributed by atoms with Crippen molar-refractivity contribution in [1.82, 2.24) is 0 Å². The summed E-state index contributed by atoms with van der Waals surface area (Å²) in [7, 11) is 0. The zero-order valence-electron chi connectivity index (χ0n) is 13.7. The number of anilines is 2. The molecule has 1 aliphatic carbocycles. The molecule has 0 spiro atoms. The van der Waals surface area contributed by atoms with Crippen LogP contribution < -0.4 is 11.5 Å². The molecule has 3 rings (SSSR count). The summed E-state index contributed by atoms with van der Waals surface area (Å²) in [6.07, 6.45) is 7.02. The highest BCUT2D eigenvalue weighted by Crippen LogP contribution is 2.33. The highest BCUT2D eigenvalue weighted by molar-refractivity contribution is 8.00.